The number of nitrogens with zero attached hydrogens (tertiary/aromatic N) is 1. The van der Waals surface area contributed by atoms with Crippen LogP contribution in [-0.4, -0.2) is 47.6 Å². The maximum atomic E-state index is 12.3. The van der Waals surface area contributed by atoms with Crippen molar-refractivity contribution >= 4 is 5.91 Å². The van der Waals surface area contributed by atoms with Gasteiger partial charge in [-0.1, -0.05) is 0 Å². The van der Waals surface area contributed by atoms with Crippen molar-refractivity contribution in [2.24, 2.45) is 0 Å². The van der Waals surface area contributed by atoms with Gasteiger partial charge in [0.2, 0.25) is 5.91 Å². The second kappa shape index (κ2) is 5.80. The summed E-state index contributed by atoms with van der Waals surface area (Å²) in [5, 5.41) is 6.64. The van der Waals surface area contributed by atoms with Gasteiger partial charge in [-0.2, -0.15) is 0 Å². The summed E-state index contributed by atoms with van der Waals surface area (Å²) in [6, 6.07) is 1.18. The van der Waals surface area contributed by atoms with Gasteiger partial charge >= 0.3 is 0 Å². The van der Waals surface area contributed by atoms with E-state index in [0.29, 0.717) is 12.1 Å². The average Bonchev–Trinajstić information content (AvgIpc) is 3.00. The summed E-state index contributed by atoms with van der Waals surface area (Å²) in [4.78, 5) is 14.7. The lowest BCUT2D eigenvalue weighted by atomic mass is 10.1. The van der Waals surface area contributed by atoms with E-state index < -0.39 is 0 Å². The molecular formula is C15H29N3O. The molecule has 1 saturated heterocycles. The topological polar surface area (TPSA) is 44.4 Å². The van der Waals surface area contributed by atoms with Crippen molar-refractivity contribution in [2.45, 2.75) is 77.0 Å². The summed E-state index contributed by atoms with van der Waals surface area (Å²) in [6.07, 6.45) is 5.02. The summed E-state index contributed by atoms with van der Waals surface area (Å²) in [5.74, 6) is 0.164. The fourth-order valence-electron chi connectivity index (χ4n) is 2.82. The van der Waals surface area contributed by atoms with Crippen LogP contribution in [0.3, 0.4) is 0 Å². The quantitative estimate of drug-likeness (QED) is 0.793. The predicted octanol–water partition coefficient (Wildman–Crippen LogP) is 1.51. The molecule has 2 rings (SSSR count). The van der Waals surface area contributed by atoms with Gasteiger partial charge in [-0.3, -0.25) is 9.69 Å². The summed E-state index contributed by atoms with van der Waals surface area (Å²) in [7, 11) is 0. The molecule has 2 N–H and O–H groups in total. The summed E-state index contributed by atoms with van der Waals surface area (Å²) in [5.41, 5.74) is -0.147. The molecule has 0 bridgehead atoms. The zero-order valence-corrected chi connectivity index (χ0v) is 12.8. The lowest BCUT2D eigenvalue weighted by Gasteiger charge is -2.33. The maximum absolute atomic E-state index is 12.3. The number of carbonyl (C=O) groups excluding carboxylic acids is 1. The third-order valence-electron chi connectivity index (χ3n) is 3.98. The summed E-state index contributed by atoms with van der Waals surface area (Å²) < 4.78 is 0. The molecular weight excluding hydrogens is 238 g/mol. The van der Waals surface area contributed by atoms with Crippen molar-refractivity contribution in [3.8, 4) is 0 Å². The molecule has 110 valence electrons. The van der Waals surface area contributed by atoms with E-state index in [2.05, 4.69) is 15.5 Å². The van der Waals surface area contributed by atoms with Crippen LogP contribution in [0.4, 0.5) is 0 Å². The Morgan fingerprint density at radius 1 is 1.37 bits per heavy atom. The molecule has 1 amide bonds. The molecule has 2 unspecified atom stereocenters. The molecule has 0 spiro atoms. The standard InChI is InChI=1S/C15H29N3O/c1-11(14(19)17-15(2,3)4)18(13-7-8-13)10-12-6-5-9-16-12/h11-13,16H,5-10H2,1-4H3,(H,17,19). The number of hydrogen-bond donors (Lipinski definition) is 2. The number of carbonyl (C=O) groups is 1. The number of nitrogens with one attached hydrogen (secondary N) is 2. The van der Waals surface area contributed by atoms with Crippen LogP contribution in [0, 0.1) is 0 Å². The van der Waals surface area contributed by atoms with E-state index in [1.807, 2.05) is 27.7 Å². The highest BCUT2D eigenvalue weighted by Crippen LogP contribution is 2.29. The largest absolute Gasteiger partial charge is 0.350 e. The van der Waals surface area contributed by atoms with Crippen molar-refractivity contribution in [1.82, 2.24) is 15.5 Å². The lowest BCUT2D eigenvalue weighted by Crippen LogP contribution is -2.53. The average molecular weight is 267 g/mol. The third-order valence-corrected chi connectivity index (χ3v) is 3.98. The van der Waals surface area contributed by atoms with Crippen LogP contribution in [0.1, 0.15) is 53.4 Å². The maximum Gasteiger partial charge on any atom is 0.237 e. The zero-order valence-electron chi connectivity index (χ0n) is 12.8. The summed E-state index contributed by atoms with van der Waals surface area (Å²) in [6.45, 7) is 10.3. The van der Waals surface area contributed by atoms with Gasteiger partial charge in [0.1, 0.15) is 0 Å². The normalized spacial score (nSPS) is 25.6. The number of rotatable bonds is 5. The minimum absolute atomic E-state index is 0.0193. The highest BCUT2D eigenvalue weighted by atomic mass is 16.2. The van der Waals surface area contributed by atoms with E-state index in [9.17, 15) is 4.79 Å². The second-order valence-corrected chi connectivity index (χ2v) is 7.14. The molecule has 2 aliphatic rings. The van der Waals surface area contributed by atoms with Gasteiger partial charge in [-0.25, -0.2) is 0 Å². The Morgan fingerprint density at radius 2 is 2.05 bits per heavy atom. The van der Waals surface area contributed by atoms with Crippen LogP contribution in [0.5, 0.6) is 0 Å². The van der Waals surface area contributed by atoms with E-state index in [-0.39, 0.29) is 17.5 Å². The van der Waals surface area contributed by atoms with E-state index >= 15 is 0 Å². The van der Waals surface area contributed by atoms with Crippen molar-refractivity contribution in [1.29, 1.82) is 0 Å². The lowest BCUT2D eigenvalue weighted by molar-refractivity contribution is -0.127. The predicted molar refractivity (Wildman–Crippen MR) is 78.1 cm³/mol. The van der Waals surface area contributed by atoms with Crippen LogP contribution < -0.4 is 10.6 Å². The fourth-order valence-corrected chi connectivity index (χ4v) is 2.82. The molecule has 1 aliphatic heterocycles. The van der Waals surface area contributed by atoms with E-state index in [1.54, 1.807) is 0 Å². The van der Waals surface area contributed by atoms with Gasteiger partial charge in [0, 0.05) is 24.2 Å². The minimum atomic E-state index is -0.147. The van der Waals surface area contributed by atoms with E-state index in [0.717, 1.165) is 13.1 Å². The first kappa shape index (κ1) is 14.8. The molecule has 0 aromatic heterocycles. The van der Waals surface area contributed by atoms with Crippen molar-refractivity contribution < 1.29 is 4.79 Å². The van der Waals surface area contributed by atoms with Crippen LogP contribution >= 0.6 is 0 Å². The monoisotopic (exact) mass is 267 g/mol. The van der Waals surface area contributed by atoms with Gasteiger partial charge in [0.05, 0.1) is 6.04 Å². The van der Waals surface area contributed by atoms with Gasteiger partial charge in [0.15, 0.2) is 0 Å². The first-order chi connectivity index (χ1) is 8.87. The molecule has 2 fully saturated rings. The molecule has 1 saturated carbocycles. The van der Waals surface area contributed by atoms with Crippen molar-refractivity contribution in [3.05, 3.63) is 0 Å². The minimum Gasteiger partial charge on any atom is -0.350 e. The van der Waals surface area contributed by atoms with Gasteiger partial charge < -0.3 is 10.6 Å². The third kappa shape index (κ3) is 4.46. The fraction of sp³-hybridized carbons (Fsp3) is 0.933. The zero-order chi connectivity index (χ0) is 14.0. The Labute approximate surface area is 117 Å². The Kier molecular flexibility index (Phi) is 4.51. The van der Waals surface area contributed by atoms with Crippen molar-refractivity contribution in [2.75, 3.05) is 13.1 Å². The SMILES string of the molecule is CC(C(=O)NC(C)(C)C)N(CC1CCCN1)C1CC1. The molecule has 1 heterocycles. The van der Waals surface area contributed by atoms with Crippen LogP contribution in [-0.2, 0) is 4.79 Å². The van der Waals surface area contributed by atoms with E-state index in [4.69, 9.17) is 0 Å². The second-order valence-electron chi connectivity index (χ2n) is 7.14. The molecule has 4 nitrogen and oxygen atoms in total. The molecule has 4 heteroatoms. The van der Waals surface area contributed by atoms with E-state index in [1.165, 1.54) is 25.7 Å². The highest BCUT2D eigenvalue weighted by molar-refractivity contribution is 5.82. The highest BCUT2D eigenvalue weighted by Gasteiger charge is 2.37. The Bertz CT molecular complexity index is 314. The summed E-state index contributed by atoms with van der Waals surface area (Å²) >= 11 is 0. The first-order valence-electron chi connectivity index (χ1n) is 7.68. The van der Waals surface area contributed by atoms with Gasteiger partial charge in [0.25, 0.3) is 0 Å². The molecule has 2 atom stereocenters. The van der Waals surface area contributed by atoms with Gasteiger partial charge in [-0.15, -0.1) is 0 Å². The molecule has 0 radical (unpaired) electrons. The Balaban J connectivity index is 1.91. The molecule has 0 aromatic rings. The number of amides is 1. The smallest absolute Gasteiger partial charge is 0.237 e. The number of hydrogen-bond acceptors (Lipinski definition) is 3. The van der Waals surface area contributed by atoms with Gasteiger partial charge in [-0.05, 0) is 59.9 Å². The van der Waals surface area contributed by atoms with Crippen LogP contribution in [0.2, 0.25) is 0 Å². The molecule has 1 aliphatic carbocycles. The molecule has 0 aromatic carbocycles. The Hall–Kier alpha value is -0.610. The Morgan fingerprint density at radius 3 is 2.53 bits per heavy atom. The molecule has 19 heavy (non-hydrogen) atoms. The van der Waals surface area contributed by atoms with Crippen molar-refractivity contribution in [3.63, 3.8) is 0 Å². The van der Waals surface area contributed by atoms with Crippen LogP contribution in [0.15, 0.2) is 0 Å². The van der Waals surface area contributed by atoms with Crippen LogP contribution in [0.25, 0.3) is 0 Å². The first-order valence-corrected chi connectivity index (χ1v) is 7.68.